The third kappa shape index (κ3) is 3.96. The summed E-state index contributed by atoms with van der Waals surface area (Å²) in [6.07, 6.45) is 1.81. The molecular formula is C22H26N2O2. The molecule has 1 aliphatic heterocycles. The van der Waals surface area contributed by atoms with Gasteiger partial charge in [-0.1, -0.05) is 42.0 Å². The maximum Gasteiger partial charge on any atom is 0.233 e. The van der Waals surface area contributed by atoms with Gasteiger partial charge in [-0.2, -0.15) is 0 Å². The van der Waals surface area contributed by atoms with Gasteiger partial charge in [0, 0.05) is 12.2 Å². The van der Waals surface area contributed by atoms with Gasteiger partial charge in [-0.05, 0) is 56.4 Å². The summed E-state index contributed by atoms with van der Waals surface area (Å²) in [5.74, 6) is -0.351. The quantitative estimate of drug-likeness (QED) is 0.836. The molecule has 1 fully saturated rings. The Kier molecular flexibility index (Phi) is 5.40. The number of nitrogens with zero attached hydrogens (tertiary/aromatic N) is 1. The van der Waals surface area contributed by atoms with E-state index in [2.05, 4.69) is 24.4 Å². The molecule has 1 heterocycles. The molecule has 4 heteroatoms. The summed E-state index contributed by atoms with van der Waals surface area (Å²) in [7, 11) is 0. The molecule has 4 nitrogen and oxygen atoms in total. The lowest BCUT2D eigenvalue weighted by molar-refractivity contribution is -0.135. The second-order valence-corrected chi connectivity index (χ2v) is 7.15. The standard InChI is InChI=1S/C22H26N2O2/c1-15-10-11-19(17(3)13-15)23-21(25)14-22(26)24-12-6-9-20(24)18-8-5-4-7-16(18)2/h4-5,7-8,10-11,13,20H,6,9,12,14H2,1-3H3,(H,23,25). The molecule has 0 spiro atoms. The number of carbonyl (C=O) groups is 2. The Balaban J connectivity index is 1.67. The lowest BCUT2D eigenvalue weighted by Gasteiger charge is -2.26. The molecule has 0 radical (unpaired) electrons. The monoisotopic (exact) mass is 350 g/mol. The van der Waals surface area contributed by atoms with Crippen molar-refractivity contribution >= 4 is 17.5 Å². The van der Waals surface area contributed by atoms with Crippen LogP contribution in [0, 0.1) is 20.8 Å². The number of likely N-dealkylation sites (tertiary alicyclic amines) is 1. The predicted molar refractivity (Wildman–Crippen MR) is 104 cm³/mol. The highest BCUT2D eigenvalue weighted by Gasteiger charge is 2.31. The Morgan fingerprint density at radius 2 is 1.85 bits per heavy atom. The number of hydrogen-bond donors (Lipinski definition) is 1. The smallest absolute Gasteiger partial charge is 0.233 e. The van der Waals surface area contributed by atoms with E-state index in [0.29, 0.717) is 6.54 Å². The molecule has 2 aromatic rings. The zero-order valence-electron chi connectivity index (χ0n) is 15.7. The lowest BCUT2D eigenvalue weighted by Crippen LogP contribution is -2.33. The molecule has 136 valence electrons. The van der Waals surface area contributed by atoms with Crippen LogP contribution in [0.15, 0.2) is 42.5 Å². The fourth-order valence-corrected chi connectivity index (χ4v) is 3.74. The van der Waals surface area contributed by atoms with Crippen LogP contribution in [0.25, 0.3) is 0 Å². The fraction of sp³-hybridized carbons (Fsp3) is 0.364. The number of hydrogen-bond acceptors (Lipinski definition) is 2. The van der Waals surface area contributed by atoms with Crippen LogP contribution >= 0.6 is 0 Å². The maximum atomic E-state index is 12.7. The Morgan fingerprint density at radius 1 is 1.08 bits per heavy atom. The minimum atomic E-state index is -0.252. The Bertz CT molecular complexity index is 829. The summed E-state index contributed by atoms with van der Waals surface area (Å²) in [6.45, 7) is 6.76. The number of carbonyl (C=O) groups excluding carboxylic acids is 2. The summed E-state index contributed by atoms with van der Waals surface area (Å²) in [5.41, 5.74) is 5.30. The zero-order chi connectivity index (χ0) is 18.7. The van der Waals surface area contributed by atoms with E-state index in [4.69, 9.17) is 0 Å². The van der Waals surface area contributed by atoms with E-state index in [0.717, 1.165) is 29.7 Å². The van der Waals surface area contributed by atoms with Crippen LogP contribution in [0.4, 0.5) is 5.69 Å². The fourth-order valence-electron chi connectivity index (χ4n) is 3.74. The molecule has 0 bridgehead atoms. The van der Waals surface area contributed by atoms with Gasteiger partial charge in [-0.25, -0.2) is 0 Å². The van der Waals surface area contributed by atoms with Gasteiger partial charge in [-0.15, -0.1) is 0 Å². The molecule has 1 N–H and O–H groups in total. The topological polar surface area (TPSA) is 49.4 Å². The number of nitrogens with one attached hydrogen (secondary N) is 1. The minimum Gasteiger partial charge on any atom is -0.335 e. The molecular weight excluding hydrogens is 324 g/mol. The third-order valence-corrected chi connectivity index (χ3v) is 5.09. The van der Waals surface area contributed by atoms with Gasteiger partial charge < -0.3 is 10.2 Å². The van der Waals surface area contributed by atoms with Crippen LogP contribution in [-0.2, 0) is 9.59 Å². The largest absolute Gasteiger partial charge is 0.335 e. The summed E-state index contributed by atoms with van der Waals surface area (Å²) in [4.78, 5) is 27.0. The average Bonchev–Trinajstić information content (AvgIpc) is 3.07. The van der Waals surface area contributed by atoms with Gasteiger partial charge in [0.2, 0.25) is 11.8 Å². The molecule has 1 atom stereocenters. The minimum absolute atomic E-state index is 0.0811. The van der Waals surface area contributed by atoms with Crippen molar-refractivity contribution in [2.24, 2.45) is 0 Å². The van der Waals surface area contributed by atoms with Gasteiger partial charge >= 0.3 is 0 Å². The van der Waals surface area contributed by atoms with Crippen molar-refractivity contribution in [2.45, 2.75) is 46.1 Å². The third-order valence-electron chi connectivity index (χ3n) is 5.09. The first kappa shape index (κ1) is 18.2. The Morgan fingerprint density at radius 3 is 2.58 bits per heavy atom. The molecule has 3 rings (SSSR count). The van der Waals surface area contributed by atoms with Crippen LogP contribution in [0.1, 0.15) is 47.6 Å². The number of anilines is 1. The van der Waals surface area contributed by atoms with Crippen molar-refractivity contribution in [1.29, 1.82) is 0 Å². The zero-order valence-corrected chi connectivity index (χ0v) is 15.7. The van der Waals surface area contributed by atoms with E-state index in [1.54, 1.807) is 0 Å². The Hall–Kier alpha value is -2.62. The van der Waals surface area contributed by atoms with E-state index in [1.165, 1.54) is 11.1 Å². The van der Waals surface area contributed by atoms with Crippen LogP contribution in [-0.4, -0.2) is 23.3 Å². The highest BCUT2D eigenvalue weighted by atomic mass is 16.2. The molecule has 1 aliphatic rings. The van der Waals surface area contributed by atoms with Crippen molar-refractivity contribution in [1.82, 2.24) is 4.90 Å². The van der Waals surface area contributed by atoms with Gasteiger partial charge in [0.15, 0.2) is 0 Å². The predicted octanol–water partition coefficient (Wildman–Crippen LogP) is 4.30. The van der Waals surface area contributed by atoms with Crippen LogP contribution < -0.4 is 5.32 Å². The summed E-state index contributed by atoms with van der Waals surface area (Å²) in [6, 6.07) is 14.1. The first-order valence-electron chi connectivity index (χ1n) is 9.18. The van der Waals surface area contributed by atoms with Gasteiger partial charge in [-0.3, -0.25) is 9.59 Å². The lowest BCUT2D eigenvalue weighted by atomic mass is 9.99. The molecule has 2 amide bonds. The van der Waals surface area contributed by atoms with Crippen molar-refractivity contribution < 1.29 is 9.59 Å². The molecule has 2 aromatic carbocycles. The van der Waals surface area contributed by atoms with Gasteiger partial charge in [0.25, 0.3) is 0 Å². The van der Waals surface area contributed by atoms with Crippen LogP contribution in [0.2, 0.25) is 0 Å². The summed E-state index contributed by atoms with van der Waals surface area (Å²) < 4.78 is 0. The first-order chi connectivity index (χ1) is 12.5. The van der Waals surface area contributed by atoms with Crippen molar-refractivity contribution in [3.63, 3.8) is 0 Å². The van der Waals surface area contributed by atoms with E-state index < -0.39 is 0 Å². The van der Waals surface area contributed by atoms with Crippen molar-refractivity contribution in [3.8, 4) is 0 Å². The molecule has 0 aromatic heterocycles. The van der Waals surface area contributed by atoms with E-state index in [9.17, 15) is 9.59 Å². The van der Waals surface area contributed by atoms with Gasteiger partial charge in [0.05, 0.1) is 6.04 Å². The maximum absolute atomic E-state index is 12.7. The number of rotatable bonds is 4. The highest BCUT2D eigenvalue weighted by molar-refractivity contribution is 6.04. The Labute approximate surface area is 155 Å². The molecule has 1 unspecified atom stereocenters. The molecule has 0 aliphatic carbocycles. The molecule has 26 heavy (non-hydrogen) atoms. The number of aryl methyl sites for hydroxylation is 3. The molecule has 0 saturated carbocycles. The van der Waals surface area contributed by atoms with Crippen LogP contribution in [0.3, 0.4) is 0 Å². The summed E-state index contributed by atoms with van der Waals surface area (Å²) in [5, 5.41) is 2.87. The second-order valence-electron chi connectivity index (χ2n) is 7.15. The van der Waals surface area contributed by atoms with Crippen molar-refractivity contribution in [3.05, 3.63) is 64.7 Å². The van der Waals surface area contributed by atoms with E-state index >= 15 is 0 Å². The number of benzene rings is 2. The number of amides is 2. The highest BCUT2D eigenvalue weighted by Crippen LogP contribution is 2.34. The van der Waals surface area contributed by atoms with Crippen molar-refractivity contribution in [2.75, 3.05) is 11.9 Å². The summed E-state index contributed by atoms with van der Waals surface area (Å²) >= 11 is 0. The first-order valence-corrected chi connectivity index (χ1v) is 9.18. The molecule has 1 saturated heterocycles. The van der Waals surface area contributed by atoms with E-state index in [-0.39, 0.29) is 24.3 Å². The average molecular weight is 350 g/mol. The van der Waals surface area contributed by atoms with Gasteiger partial charge in [0.1, 0.15) is 6.42 Å². The van der Waals surface area contributed by atoms with Crippen LogP contribution in [0.5, 0.6) is 0 Å². The second kappa shape index (κ2) is 7.73. The normalized spacial score (nSPS) is 16.6. The van der Waals surface area contributed by atoms with E-state index in [1.807, 2.05) is 49.1 Å². The SMILES string of the molecule is Cc1ccc(NC(=O)CC(=O)N2CCCC2c2ccccc2C)c(C)c1.